The summed E-state index contributed by atoms with van der Waals surface area (Å²) in [6, 6.07) is 16.5. The van der Waals surface area contributed by atoms with Gasteiger partial charge in [0, 0.05) is 12.1 Å². The summed E-state index contributed by atoms with van der Waals surface area (Å²) in [6.45, 7) is 0. The topological polar surface area (TPSA) is 93.7 Å². The van der Waals surface area contributed by atoms with Crippen LogP contribution >= 0.6 is 0 Å². The third-order valence-corrected chi connectivity index (χ3v) is 5.75. The van der Waals surface area contributed by atoms with Crippen LogP contribution in [0.3, 0.4) is 0 Å². The highest BCUT2D eigenvalue weighted by atomic mass is 32.2. The maximum absolute atomic E-state index is 13.1. The smallest absolute Gasteiger partial charge is 0.262 e. The third-order valence-electron chi connectivity index (χ3n) is 4.37. The minimum atomic E-state index is -4.00. The van der Waals surface area contributed by atoms with E-state index in [4.69, 9.17) is 9.47 Å². The van der Waals surface area contributed by atoms with Crippen molar-refractivity contribution in [3.8, 4) is 11.5 Å². The number of hydrogen-bond acceptors (Lipinski definition) is 5. The van der Waals surface area contributed by atoms with Gasteiger partial charge >= 0.3 is 0 Å². The van der Waals surface area contributed by atoms with Crippen LogP contribution in [0.1, 0.15) is 5.56 Å². The van der Waals surface area contributed by atoms with Gasteiger partial charge in [-0.15, -0.1) is 0 Å². The summed E-state index contributed by atoms with van der Waals surface area (Å²) in [5.74, 6) is -0.416. The first-order chi connectivity index (χ1) is 14.8. The standard InChI is InChI=1S/C22H21FN2O5S/c1-29-20-14-19(25-31(27,28)17-10-8-16(23)9-11-17)21(30-2)13-18(20)24-22(26)12-15-6-4-3-5-7-15/h3-11,13-14,25H,12H2,1-2H3,(H,24,26). The highest BCUT2D eigenvalue weighted by molar-refractivity contribution is 7.92. The van der Waals surface area contributed by atoms with Crippen molar-refractivity contribution in [1.29, 1.82) is 0 Å². The second-order valence-corrected chi connectivity index (χ2v) is 8.21. The van der Waals surface area contributed by atoms with Crippen LogP contribution in [0.2, 0.25) is 0 Å². The number of rotatable bonds is 8. The SMILES string of the molecule is COc1cc(NS(=O)(=O)c2ccc(F)cc2)c(OC)cc1NC(=O)Cc1ccccc1. The van der Waals surface area contributed by atoms with Gasteiger partial charge in [0.25, 0.3) is 10.0 Å². The van der Waals surface area contributed by atoms with E-state index in [0.717, 1.165) is 29.8 Å². The molecule has 0 atom stereocenters. The van der Waals surface area contributed by atoms with E-state index in [-0.39, 0.29) is 34.4 Å². The average molecular weight is 444 g/mol. The molecule has 31 heavy (non-hydrogen) atoms. The number of anilines is 2. The highest BCUT2D eigenvalue weighted by Gasteiger charge is 2.20. The molecule has 0 unspecified atom stereocenters. The van der Waals surface area contributed by atoms with Gasteiger partial charge in [-0.2, -0.15) is 0 Å². The fraction of sp³-hybridized carbons (Fsp3) is 0.136. The largest absolute Gasteiger partial charge is 0.494 e. The Bertz CT molecular complexity index is 1170. The van der Waals surface area contributed by atoms with Crippen LogP contribution < -0.4 is 19.5 Å². The summed E-state index contributed by atoms with van der Waals surface area (Å²) in [6.07, 6.45) is 0.158. The summed E-state index contributed by atoms with van der Waals surface area (Å²) in [5, 5.41) is 2.75. The average Bonchev–Trinajstić information content (AvgIpc) is 2.75. The fourth-order valence-electron chi connectivity index (χ4n) is 2.87. The van der Waals surface area contributed by atoms with Crippen molar-refractivity contribution in [3.05, 3.63) is 78.1 Å². The van der Waals surface area contributed by atoms with Crippen LogP contribution in [0.5, 0.6) is 11.5 Å². The molecule has 9 heteroatoms. The summed E-state index contributed by atoms with van der Waals surface area (Å²) in [4.78, 5) is 12.3. The van der Waals surface area contributed by atoms with E-state index in [0.29, 0.717) is 5.69 Å². The first-order valence-corrected chi connectivity index (χ1v) is 10.7. The number of carbonyl (C=O) groups excluding carboxylic acids is 1. The zero-order valence-electron chi connectivity index (χ0n) is 16.9. The van der Waals surface area contributed by atoms with Gasteiger partial charge in [0.1, 0.15) is 17.3 Å². The van der Waals surface area contributed by atoms with Crippen molar-refractivity contribution < 1.29 is 27.1 Å². The Hall–Kier alpha value is -3.59. The summed E-state index contributed by atoms with van der Waals surface area (Å²) >= 11 is 0. The molecule has 7 nitrogen and oxygen atoms in total. The van der Waals surface area contributed by atoms with Gasteiger partial charge < -0.3 is 14.8 Å². The Morgan fingerprint density at radius 1 is 0.903 bits per heavy atom. The number of amides is 1. The zero-order valence-corrected chi connectivity index (χ0v) is 17.7. The predicted octanol–water partition coefficient (Wildman–Crippen LogP) is 3.82. The highest BCUT2D eigenvalue weighted by Crippen LogP contribution is 2.37. The lowest BCUT2D eigenvalue weighted by Crippen LogP contribution is -2.16. The molecule has 0 bridgehead atoms. The molecular formula is C22H21FN2O5S. The third kappa shape index (κ3) is 5.52. The lowest BCUT2D eigenvalue weighted by atomic mass is 10.1. The molecule has 1 amide bonds. The van der Waals surface area contributed by atoms with E-state index in [1.165, 1.54) is 26.4 Å². The molecule has 3 aromatic carbocycles. The predicted molar refractivity (Wildman–Crippen MR) is 116 cm³/mol. The van der Waals surface area contributed by atoms with Gasteiger partial charge in [0.2, 0.25) is 5.91 Å². The fourth-order valence-corrected chi connectivity index (χ4v) is 3.93. The molecule has 3 rings (SSSR count). The van der Waals surface area contributed by atoms with E-state index >= 15 is 0 Å². The minimum absolute atomic E-state index is 0.102. The molecule has 2 N–H and O–H groups in total. The molecule has 0 saturated heterocycles. The van der Waals surface area contributed by atoms with E-state index in [1.54, 1.807) is 0 Å². The van der Waals surface area contributed by atoms with Crippen LogP contribution in [0.4, 0.5) is 15.8 Å². The van der Waals surface area contributed by atoms with E-state index < -0.39 is 15.8 Å². The van der Waals surface area contributed by atoms with Gasteiger partial charge in [-0.05, 0) is 29.8 Å². The van der Waals surface area contributed by atoms with E-state index in [2.05, 4.69) is 10.0 Å². The molecule has 0 radical (unpaired) electrons. The van der Waals surface area contributed by atoms with Crippen LogP contribution in [-0.2, 0) is 21.2 Å². The minimum Gasteiger partial charge on any atom is -0.494 e. The van der Waals surface area contributed by atoms with Crippen molar-refractivity contribution in [2.75, 3.05) is 24.3 Å². The van der Waals surface area contributed by atoms with Gasteiger partial charge in [-0.3, -0.25) is 9.52 Å². The summed E-state index contributed by atoms with van der Waals surface area (Å²) < 4.78 is 51.4. The molecule has 0 aromatic heterocycles. The molecule has 0 heterocycles. The number of sulfonamides is 1. The Morgan fingerprint density at radius 3 is 2.10 bits per heavy atom. The Morgan fingerprint density at radius 2 is 1.48 bits per heavy atom. The zero-order chi connectivity index (χ0) is 22.4. The monoisotopic (exact) mass is 444 g/mol. The lowest BCUT2D eigenvalue weighted by Gasteiger charge is -2.17. The maximum atomic E-state index is 13.1. The molecular weight excluding hydrogens is 423 g/mol. The van der Waals surface area contributed by atoms with E-state index in [1.807, 2.05) is 30.3 Å². The molecule has 3 aromatic rings. The summed E-state index contributed by atoms with van der Waals surface area (Å²) in [7, 11) is -1.24. The summed E-state index contributed by atoms with van der Waals surface area (Å²) in [5.41, 5.74) is 1.27. The van der Waals surface area contributed by atoms with Crippen molar-refractivity contribution in [1.82, 2.24) is 0 Å². The number of methoxy groups -OCH3 is 2. The van der Waals surface area contributed by atoms with Crippen molar-refractivity contribution >= 4 is 27.3 Å². The first-order valence-electron chi connectivity index (χ1n) is 9.20. The Balaban J connectivity index is 1.86. The van der Waals surface area contributed by atoms with Crippen molar-refractivity contribution in [2.45, 2.75) is 11.3 Å². The van der Waals surface area contributed by atoms with Gasteiger partial charge in [0.15, 0.2) is 0 Å². The number of hydrogen-bond donors (Lipinski definition) is 2. The maximum Gasteiger partial charge on any atom is 0.262 e. The van der Waals surface area contributed by atoms with Gasteiger partial charge in [0.05, 0.1) is 36.9 Å². The van der Waals surface area contributed by atoms with Gasteiger partial charge in [-0.1, -0.05) is 30.3 Å². The van der Waals surface area contributed by atoms with Crippen molar-refractivity contribution in [2.24, 2.45) is 0 Å². The molecule has 0 fully saturated rings. The lowest BCUT2D eigenvalue weighted by molar-refractivity contribution is -0.115. The van der Waals surface area contributed by atoms with Crippen molar-refractivity contribution in [3.63, 3.8) is 0 Å². The van der Waals surface area contributed by atoms with Crippen LogP contribution in [0, 0.1) is 5.82 Å². The number of nitrogens with one attached hydrogen (secondary N) is 2. The number of ether oxygens (including phenoxy) is 2. The van der Waals surface area contributed by atoms with Crippen LogP contribution in [-0.4, -0.2) is 28.5 Å². The van der Waals surface area contributed by atoms with Gasteiger partial charge in [-0.25, -0.2) is 12.8 Å². The molecule has 0 spiro atoms. The molecule has 0 aliphatic rings. The molecule has 0 aliphatic heterocycles. The number of halogens is 1. The number of carbonyl (C=O) groups is 1. The van der Waals surface area contributed by atoms with Crippen LogP contribution in [0.25, 0.3) is 0 Å². The quantitative estimate of drug-likeness (QED) is 0.551. The second-order valence-electron chi connectivity index (χ2n) is 6.52. The van der Waals surface area contributed by atoms with Crippen LogP contribution in [0.15, 0.2) is 71.6 Å². The Kier molecular flexibility index (Phi) is 6.76. The first kappa shape index (κ1) is 22.1. The molecule has 0 aliphatic carbocycles. The van der Waals surface area contributed by atoms with E-state index in [9.17, 15) is 17.6 Å². The molecule has 0 saturated carbocycles. The molecule has 162 valence electrons. The Labute approximate surface area is 179 Å². The second kappa shape index (κ2) is 9.48. The normalized spacial score (nSPS) is 10.9. The number of benzene rings is 3.